The molecular formula is C26H44O2. The van der Waals surface area contributed by atoms with Crippen LogP contribution in [0.3, 0.4) is 0 Å². The second-order valence-corrected chi connectivity index (χ2v) is 10.7. The molecule has 3 aliphatic rings. The maximum atomic E-state index is 6.83. The van der Waals surface area contributed by atoms with Crippen molar-refractivity contribution < 1.29 is 9.47 Å². The standard InChI is InChI=1S/C26H44O2/c1-17(2)22-10-8-9-20(6)24(13-22)26(27-15-19(5)16-28-26)25-14-23(18(3)4)12-11-21(25)7/h19-25H,1,3,8-16H2,2,4-7H3. The lowest BCUT2D eigenvalue weighted by Crippen LogP contribution is -2.58. The van der Waals surface area contributed by atoms with Crippen LogP contribution in [0.4, 0.5) is 0 Å². The van der Waals surface area contributed by atoms with Crippen molar-refractivity contribution in [3.63, 3.8) is 0 Å². The molecule has 6 unspecified atom stereocenters. The third-order valence-electron chi connectivity index (χ3n) is 8.25. The van der Waals surface area contributed by atoms with Crippen LogP contribution in [0, 0.1) is 41.4 Å². The fraction of sp³-hybridized carbons (Fsp3) is 0.846. The fourth-order valence-electron chi connectivity index (χ4n) is 6.22. The zero-order valence-electron chi connectivity index (χ0n) is 19.1. The van der Waals surface area contributed by atoms with E-state index in [0.717, 1.165) is 13.2 Å². The lowest BCUT2D eigenvalue weighted by molar-refractivity contribution is -0.349. The zero-order chi connectivity index (χ0) is 20.5. The summed E-state index contributed by atoms with van der Waals surface area (Å²) in [5.41, 5.74) is 2.68. The summed E-state index contributed by atoms with van der Waals surface area (Å²) in [5, 5.41) is 0. The van der Waals surface area contributed by atoms with E-state index >= 15 is 0 Å². The summed E-state index contributed by atoms with van der Waals surface area (Å²) in [6, 6.07) is 0. The maximum Gasteiger partial charge on any atom is 0.174 e. The molecule has 0 aromatic carbocycles. The highest BCUT2D eigenvalue weighted by Crippen LogP contribution is 2.53. The zero-order valence-corrected chi connectivity index (χ0v) is 19.1. The molecular weight excluding hydrogens is 344 g/mol. The molecule has 0 amide bonds. The molecule has 0 bridgehead atoms. The van der Waals surface area contributed by atoms with E-state index in [1.165, 1.54) is 56.1 Å². The van der Waals surface area contributed by atoms with Gasteiger partial charge in [-0.1, -0.05) is 57.9 Å². The van der Waals surface area contributed by atoms with E-state index in [4.69, 9.17) is 9.47 Å². The van der Waals surface area contributed by atoms with Crippen LogP contribution >= 0.6 is 0 Å². The van der Waals surface area contributed by atoms with Gasteiger partial charge < -0.3 is 9.47 Å². The van der Waals surface area contributed by atoms with Crippen molar-refractivity contribution in [2.24, 2.45) is 41.4 Å². The van der Waals surface area contributed by atoms with Crippen LogP contribution in [0.25, 0.3) is 0 Å². The molecule has 160 valence electrons. The molecule has 0 radical (unpaired) electrons. The minimum atomic E-state index is -0.419. The third-order valence-corrected chi connectivity index (χ3v) is 8.25. The predicted molar refractivity (Wildman–Crippen MR) is 118 cm³/mol. The average molecular weight is 389 g/mol. The maximum absolute atomic E-state index is 6.83. The van der Waals surface area contributed by atoms with Crippen LogP contribution in [0.15, 0.2) is 24.3 Å². The quantitative estimate of drug-likeness (QED) is 0.381. The molecule has 2 saturated carbocycles. The number of hydrogen-bond acceptors (Lipinski definition) is 2. The molecule has 28 heavy (non-hydrogen) atoms. The number of ether oxygens (including phenoxy) is 2. The van der Waals surface area contributed by atoms with Gasteiger partial charge in [0.1, 0.15) is 0 Å². The Morgan fingerprint density at radius 1 is 0.750 bits per heavy atom. The van der Waals surface area contributed by atoms with Gasteiger partial charge in [0, 0.05) is 17.8 Å². The van der Waals surface area contributed by atoms with E-state index in [9.17, 15) is 0 Å². The molecule has 0 aromatic heterocycles. The Morgan fingerprint density at radius 3 is 1.79 bits per heavy atom. The molecule has 2 aliphatic carbocycles. The Morgan fingerprint density at radius 2 is 1.25 bits per heavy atom. The summed E-state index contributed by atoms with van der Waals surface area (Å²) >= 11 is 0. The predicted octanol–water partition coefficient (Wildman–Crippen LogP) is 7.01. The smallest absolute Gasteiger partial charge is 0.174 e. The van der Waals surface area contributed by atoms with Gasteiger partial charge in [0.15, 0.2) is 5.79 Å². The van der Waals surface area contributed by atoms with Gasteiger partial charge in [0.05, 0.1) is 13.2 Å². The molecule has 3 fully saturated rings. The summed E-state index contributed by atoms with van der Waals surface area (Å²) in [6.07, 6.45) is 8.74. The van der Waals surface area contributed by atoms with Crippen molar-refractivity contribution in [2.45, 2.75) is 85.4 Å². The van der Waals surface area contributed by atoms with Gasteiger partial charge in [0.25, 0.3) is 0 Å². The van der Waals surface area contributed by atoms with Crippen molar-refractivity contribution in [3.8, 4) is 0 Å². The number of hydrogen-bond donors (Lipinski definition) is 0. The van der Waals surface area contributed by atoms with E-state index in [-0.39, 0.29) is 0 Å². The van der Waals surface area contributed by atoms with Gasteiger partial charge >= 0.3 is 0 Å². The van der Waals surface area contributed by atoms with Crippen molar-refractivity contribution in [1.29, 1.82) is 0 Å². The highest BCUT2D eigenvalue weighted by molar-refractivity contribution is 5.06. The van der Waals surface area contributed by atoms with Gasteiger partial charge in [-0.05, 0) is 69.6 Å². The lowest BCUT2D eigenvalue weighted by Gasteiger charge is -2.54. The second-order valence-electron chi connectivity index (χ2n) is 10.7. The van der Waals surface area contributed by atoms with Crippen LogP contribution in [0.5, 0.6) is 0 Å². The monoisotopic (exact) mass is 388 g/mol. The molecule has 1 heterocycles. The molecule has 2 nitrogen and oxygen atoms in total. The Bertz CT molecular complexity index is 557. The molecule has 2 heteroatoms. The van der Waals surface area contributed by atoms with Crippen molar-refractivity contribution in [3.05, 3.63) is 24.3 Å². The van der Waals surface area contributed by atoms with Crippen LogP contribution in [-0.4, -0.2) is 19.0 Å². The molecule has 6 atom stereocenters. The minimum absolute atomic E-state index is 0.419. The summed E-state index contributed by atoms with van der Waals surface area (Å²) in [7, 11) is 0. The van der Waals surface area contributed by atoms with Crippen LogP contribution in [0.2, 0.25) is 0 Å². The Hall–Kier alpha value is -0.600. The SMILES string of the molecule is C=C(C)C1CCCC(C)C(C2(C3CC(C(=C)C)CCC3C)OCC(C)CO2)C1. The summed E-state index contributed by atoms with van der Waals surface area (Å²) in [6.45, 7) is 21.9. The van der Waals surface area contributed by atoms with Gasteiger partial charge in [-0.3, -0.25) is 0 Å². The van der Waals surface area contributed by atoms with Crippen molar-refractivity contribution in [1.82, 2.24) is 0 Å². The van der Waals surface area contributed by atoms with Gasteiger partial charge in [-0.25, -0.2) is 0 Å². The lowest BCUT2D eigenvalue weighted by atomic mass is 9.63. The van der Waals surface area contributed by atoms with Crippen LogP contribution < -0.4 is 0 Å². The number of rotatable bonds is 4. The fourth-order valence-corrected chi connectivity index (χ4v) is 6.22. The first kappa shape index (κ1) is 22.1. The van der Waals surface area contributed by atoms with Gasteiger partial charge in [-0.15, -0.1) is 0 Å². The van der Waals surface area contributed by atoms with Gasteiger partial charge in [0.2, 0.25) is 0 Å². The Labute approximate surface area is 174 Å². The Kier molecular flexibility index (Phi) is 7.14. The molecule has 0 N–H and O–H groups in total. The molecule has 0 aromatic rings. The first-order valence-electron chi connectivity index (χ1n) is 11.8. The largest absolute Gasteiger partial charge is 0.349 e. The van der Waals surface area contributed by atoms with Crippen LogP contribution in [-0.2, 0) is 9.47 Å². The topological polar surface area (TPSA) is 18.5 Å². The highest BCUT2D eigenvalue weighted by atomic mass is 16.7. The normalized spacial score (nSPS) is 45.2. The minimum Gasteiger partial charge on any atom is -0.349 e. The van der Waals surface area contributed by atoms with E-state index in [0.29, 0.717) is 41.4 Å². The molecule has 0 spiro atoms. The molecule has 1 aliphatic heterocycles. The first-order chi connectivity index (χ1) is 13.2. The van der Waals surface area contributed by atoms with E-state index in [1.54, 1.807) is 0 Å². The summed E-state index contributed by atoms with van der Waals surface area (Å²) in [4.78, 5) is 0. The van der Waals surface area contributed by atoms with E-state index in [2.05, 4.69) is 47.8 Å². The highest BCUT2D eigenvalue weighted by Gasteiger charge is 2.55. The van der Waals surface area contributed by atoms with Gasteiger partial charge in [-0.2, -0.15) is 0 Å². The van der Waals surface area contributed by atoms with Crippen LogP contribution in [0.1, 0.15) is 79.6 Å². The molecule has 1 saturated heterocycles. The number of allylic oxidation sites excluding steroid dienone is 2. The average Bonchev–Trinajstić information content (AvgIpc) is 2.85. The van der Waals surface area contributed by atoms with E-state index < -0.39 is 5.79 Å². The summed E-state index contributed by atoms with van der Waals surface area (Å²) in [5.74, 6) is 3.49. The third kappa shape index (κ3) is 4.43. The first-order valence-corrected chi connectivity index (χ1v) is 11.8. The van der Waals surface area contributed by atoms with Crippen molar-refractivity contribution >= 4 is 0 Å². The summed E-state index contributed by atoms with van der Waals surface area (Å²) < 4.78 is 13.7. The van der Waals surface area contributed by atoms with Crippen molar-refractivity contribution in [2.75, 3.05) is 13.2 Å². The Balaban J connectivity index is 1.96. The molecule has 3 rings (SSSR count). The van der Waals surface area contributed by atoms with E-state index in [1.807, 2.05) is 0 Å². The second kappa shape index (κ2) is 9.04.